The van der Waals surface area contributed by atoms with Gasteiger partial charge in [-0.1, -0.05) is 17.7 Å². The second-order valence-electron chi connectivity index (χ2n) is 7.99. The van der Waals surface area contributed by atoms with Gasteiger partial charge in [-0.05, 0) is 62.7 Å². The Morgan fingerprint density at radius 3 is 2.59 bits per heavy atom. The maximum Gasteiger partial charge on any atom is 0.333 e. The van der Waals surface area contributed by atoms with Crippen LogP contribution in [0.25, 0.3) is 12.2 Å². The van der Waals surface area contributed by atoms with Gasteiger partial charge in [0.1, 0.15) is 17.0 Å². The number of anilines is 1. The Morgan fingerprint density at radius 1 is 1.19 bits per heavy atom. The summed E-state index contributed by atoms with van der Waals surface area (Å²) < 4.78 is 31.8. The van der Waals surface area contributed by atoms with Gasteiger partial charge in [0.15, 0.2) is 11.5 Å². The molecule has 1 heterocycles. The molecule has 3 rings (SSSR count). The summed E-state index contributed by atoms with van der Waals surface area (Å²) >= 11 is 6.77. The number of carbonyl (C=O) groups is 2. The number of aromatic nitrogens is 1. The molecule has 11 heteroatoms. The molecule has 3 aromatic rings. The van der Waals surface area contributed by atoms with Crippen molar-refractivity contribution in [1.82, 2.24) is 4.57 Å². The summed E-state index contributed by atoms with van der Waals surface area (Å²) in [7, 11) is 1.51. The zero-order chi connectivity index (χ0) is 27.1. The first-order valence-corrected chi connectivity index (χ1v) is 12.5. The van der Waals surface area contributed by atoms with Gasteiger partial charge in [-0.3, -0.25) is 14.2 Å². The predicted octanol–water partition coefficient (Wildman–Crippen LogP) is 3.31. The lowest BCUT2D eigenvalue weighted by Crippen LogP contribution is -2.36. The highest BCUT2D eigenvalue weighted by molar-refractivity contribution is 7.07. The third-order valence-electron chi connectivity index (χ3n) is 4.82. The van der Waals surface area contributed by atoms with Crippen LogP contribution in [-0.4, -0.2) is 36.3 Å². The van der Waals surface area contributed by atoms with Crippen molar-refractivity contribution in [2.75, 3.05) is 19.0 Å². The first kappa shape index (κ1) is 27.9. The normalized spacial score (nSPS) is 12.1. The molecule has 1 N–H and O–H groups in total. The topological polar surface area (TPSA) is 95.9 Å². The molecule has 0 aliphatic heterocycles. The Hall–Kier alpha value is -3.63. The van der Waals surface area contributed by atoms with Gasteiger partial charge in [0, 0.05) is 5.02 Å². The molecular formula is C26H26ClFN2O6S. The molecule has 0 unspecified atom stereocenters. The highest BCUT2D eigenvalue weighted by Crippen LogP contribution is 2.29. The van der Waals surface area contributed by atoms with E-state index >= 15 is 0 Å². The molecule has 0 spiro atoms. The highest BCUT2D eigenvalue weighted by Gasteiger charge is 2.14. The van der Waals surface area contributed by atoms with E-state index < -0.39 is 29.8 Å². The van der Waals surface area contributed by atoms with Gasteiger partial charge >= 0.3 is 5.97 Å². The molecule has 2 aromatic carbocycles. The maximum absolute atomic E-state index is 14.1. The highest BCUT2D eigenvalue weighted by atomic mass is 35.5. The Balaban J connectivity index is 2.02. The molecule has 37 heavy (non-hydrogen) atoms. The maximum atomic E-state index is 14.1. The first-order chi connectivity index (χ1) is 17.6. The lowest BCUT2D eigenvalue weighted by molar-refractivity contribution is -0.135. The zero-order valence-corrected chi connectivity index (χ0v) is 22.2. The van der Waals surface area contributed by atoms with E-state index in [-0.39, 0.29) is 32.6 Å². The zero-order valence-electron chi connectivity index (χ0n) is 20.7. The van der Waals surface area contributed by atoms with Crippen LogP contribution in [0.15, 0.2) is 41.2 Å². The number of halogens is 2. The molecule has 0 saturated carbocycles. The van der Waals surface area contributed by atoms with Gasteiger partial charge in [0.25, 0.3) is 5.56 Å². The number of esters is 1. The molecule has 0 saturated heterocycles. The molecule has 196 valence electrons. The minimum atomic E-state index is -0.718. The minimum Gasteiger partial charge on any atom is -0.493 e. The van der Waals surface area contributed by atoms with Gasteiger partial charge < -0.3 is 19.5 Å². The van der Waals surface area contributed by atoms with E-state index in [1.165, 1.54) is 19.2 Å². The van der Waals surface area contributed by atoms with Gasteiger partial charge in [0.2, 0.25) is 5.91 Å². The summed E-state index contributed by atoms with van der Waals surface area (Å²) in [6, 6.07) is 9.01. The molecule has 1 amide bonds. The molecule has 0 fully saturated rings. The minimum absolute atomic E-state index is 0.0540. The van der Waals surface area contributed by atoms with Gasteiger partial charge in [-0.25, -0.2) is 9.18 Å². The quantitative estimate of drug-likeness (QED) is 0.412. The molecule has 0 aliphatic carbocycles. The number of rotatable bonds is 9. The number of hydrogen-bond donors (Lipinski definition) is 1. The van der Waals surface area contributed by atoms with Crippen LogP contribution in [0.1, 0.15) is 26.3 Å². The Bertz CT molecular complexity index is 1480. The fourth-order valence-corrected chi connectivity index (χ4v) is 4.47. The number of methoxy groups -OCH3 is 1. The molecule has 0 radical (unpaired) electrons. The first-order valence-electron chi connectivity index (χ1n) is 11.3. The van der Waals surface area contributed by atoms with E-state index in [9.17, 15) is 18.8 Å². The van der Waals surface area contributed by atoms with E-state index in [1.807, 2.05) is 13.8 Å². The van der Waals surface area contributed by atoms with Gasteiger partial charge in [0.05, 0.1) is 36.1 Å². The summed E-state index contributed by atoms with van der Waals surface area (Å²) in [5.41, 5.74) is 0.0544. The van der Waals surface area contributed by atoms with Crippen molar-refractivity contribution in [3.05, 3.63) is 72.4 Å². The molecule has 0 atom stereocenters. The van der Waals surface area contributed by atoms with Crippen molar-refractivity contribution in [2.45, 2.75) is 33.4 Å². The fourth-order valence-electron chi connectivity index (χ4n) is 3.28. The number of amides is 1. The Morgan fingerprint density at radius 2 is 1.95 bits per heavy atom. The smallest absolute Gasteiger partial charge is 0.333 e. The Labute approximate surface area is 221 Å². The molecule has 1 aromatic heterocycles. The lowest BCUT2D eigenvalue weighted by Gasteiger charge is -2.13. The molecular weight excluding hydrogens is 523 g/mol. The van der Waals surface area contributed by atoms with E-state index in [2.05, 4.69) is 5.32 Å². The third-order valence-corrected chi connectivity index (χ3v) is 6.11. The molecule has 8 nitrogen and oxygen atoms in total. The van der Waals surface area contributed by atoms with E-state index in [1.54, 1.807) is 31.2 Å². The third kappa shape index (κ3) is 7.43. The average molecular weight is 549 g/mol. The molecule has 0 aliphatic rings. The van der Waals surface area contributed by atoms with Crippen LogP contribution >= 0.6 is 22.9 Å². The summed E-state index contributed by atoms with van der Waals surface area (Å²) in [5, 5.41) is 2.59. The molecule has 0 bridgehead atoms. The van der Waals surface area contributed by atoms with Crippen molar-refractivity contribution in [2.24, 2.45) is 0 Å². The Kier molecular flexibility index (Phi) is 9.48. The number of thiazole rings is 1. The van der Waals surface area contributed by atoms with Crippen molar-refractivity contribution in [3.63, 3.8) is 0 Å². The number of hydrogen-bond acceptors (Lipinski definition) is 7. The van der Waals surface area contributed by atoms with Gasteiger partial charge in [-0.2, -0.15) is 0 Å². The lowest BCUT2D eigenvalue weighted by atomic mass is 10.2. The van der Waals surface area contributed by atoms with Crippen molar-refractivity contribution in [3.8, 4) is 11.5 Å². The van der Waals surface area contributed by atoms with Crippen molar-refractivity contribution < 1.29 is 28.2 Å². The predicted molar refractivity (Wildman–Crippen MR) is 141 cm³/mol. The van der Waals surface area contributed by atoms with Crippen LogP contribution in [0.4, 0.5) is 10.1 Å². The summed E-state index contributed by atoms with van der Waals surface area (Å²) in [6.07, 6.45) is 2.70. The summed E-state index contributed by atoms with van der Waals surface area (Å²) in [4.78, 5) is 38.0. The van der Waals surface area contributed by atoms with Crippen LogP contribution in [0.3, 0.4) is 0 Å². The van der Waals surface area contributed by atoms with E-state index in [4.69, 9.17) is 25.8 Å². The standard InChI is InChI=1S/C26H26ClFN2O6S/c1-5-35-25(32)13-24-30(14-23(31)29-19-8-7-17(27)12-18(19)28)26(33)22(37-24)11-16-6-9-20(36-15(2)3)21(10-16)34-4/h6-13,15H,5,14H2,1-4H3,(H,29,31)/b22-11-,24-13-. The summed E-state index contributed by atoms with van der Waals surface area (Å²) in [5.74, 6) is -1.000. The van der Waals surface area contributed by atoms with Crippen LogP contribution in [0.5, 0.6) is 11.5 Å². The average Bonchev–Trinajstić information content (AvgIpc) is 3.10. The van der Waals surface area contributed by atoms with Crippen LogP contribution in [-0.2, 0) is 20.9 Å². The van der Waals surface area contributed by atoms with Crippen molar-refractivity contribution >= 4 is 52.7 Å². The second kappa shape index (κ2) is 12.6. The summed E-state index contributed by atoms with van der Waals surface area (Å²) in [6.45, 7) is 5.13. The van der Waals surface area contributed by atoms with E-state index in [0.29, 0.717) is 17.1 Å². The number of carbonyl (C=O) groups excluding carboxylic acids is 2. The number of ether oxygens (including phenoxy) is 3. The number of nitrogens with zero attached hydrogens (tertiary/aromatic N) is 1. The SMILES string of the molecule is CCOC(=O)/C=c1\s/c(=C\c2ccc(OC(C)C)c(OC)c2)c(=O)n1CC(=O)Nc1ccc(Cl)cc1F. The largest absolute Gasteiger partial charge is 0.493 e. The number of benzene rings is 2. The van der Waals surface area contributed by atoms with Crippen LogP contribution in [0.2, 0.25) is 5.02 Å². The number of nitrogens with one attached hydrogen (secondary N) is 1. The van der Waals surface area contributed by atoms with Crippen LogP contribution in [0, 0.1) is 5.82 Å². The van der Waals surface area contributed by atoms with Crippen LogP contribution < -0.4 is 29.5 Å². The van der Waals surface area contributed by atoms with Crippen molar-refractivity contribution in [1.29, 1.82) is 0 Å². The monoisotopic (exact) mass is 548 g/mol. The fraction of sp³-hybridized carbons (Fsp3) is 0.269. The van der Waals surface area contributed by atoms with E-state index in [0.717, 1.165) is 28.0 Å². The second-order valence-corrected chi connectivity index (χ2v) is 9.48. The van der Waals surface area contributed by atoms with Gasteiger partial charge in [-0.15, -0.1) is 11.3 Å².